The van der Waals surface area contributed by atoms with E-state index in [1.807, 2.05) is 0 Å². The molecule has 5 heteroatoms. The summed E-state index contributed by atoms with van der Waals surface area (Å²) < 4.78 is 0. The number of rotatable bonds is 4. The number of aliphatic hydroxyl groups is 4. The van der Waals surface area contributed by atoms with Crippen molar-refractivity contribution in [2.75, 3.05) is 26.4 Å². The smallest absolute Gasteiger partial charge is 0.139 e. The minimum absolute atomic E-state index is 0.139. The van der Waals surface area contributed by atoms with Gasteiger partial charge >= 0.3 is 0 Å². The van der Waals surface area contributed by atoms with Crippen LogP contribution in [0.4, 0.5) is 0 Å². The first-order valence-electron chi connectivity index (χ1n) is 5.15. The van der Waals surface area contributed by atoms with Gasteiger partial charge in [-0.2, -0.15) is 0 Å². The SMILES string of the molecule is O=C1CC(CO)C(CO)C(CO)C1CO. The molecular weight excluding hydrogens is 200 g/mol. The molecule has 4 unspecified atom stereocenters. The predicted octanol–water partition coefficient (Wildman–Crippen LogP) is -1.61. The molecule has 0 aliphatic heterocycles. The van der Waals surface area contributed by atoms with Crippen LogP contribution in [-0.4, -0.2) is 52.6 Å². The first-order chi connectivity index (χ1) is 7.19. The number of carbonyl (C=O) groups is 1. The van der Waals surface area contributed by atoms with E-state index in [0.29, 0.717) is 0 Å². The van der Waals surface area contributed by atoms with Crippen LogP contribution in [0.25, 0.3) is 0 Å². The van der Waals surface area contributed by atoms with Crippen LogP contribution in [0.1, 0.15) is 6.42 Å². The Morgan fingerprint density at radius 1 is 0.933 bits per heavy atom. The van der Waals surface area contributed by atoms with Crippen molar-refractivity contribution in [1.29, 1.82) is 0 Å². The van der Waals surface area contributed by atoms with Crippen molar-refractivity contribution in [2.45, 2.75) is 6.42 Å². The van der Waals surface area contributed by atoms with Gasteiger partial charge in [0, 0.05) is 32.2 Å². The van der Waals surface area contributed by atoms with Crippen molar-refractivity contribution < 1.29 is 25.2 Å². The average molecular weight is 218 g/mol. The summed E-state index contributed by atoms with van der Waals surface area (Å²) in [7, 11) is 0. The first kappa shape index (κ1) is 12.6. The molecule has 1 fully saturated rings. The topological polar surface area (TPSA) is 98.0 Å². The number of ketones is 1. The molecule has 15 heavy (non-hydrogen) atoms. The summed E-state index contributed by atoms with van der Waals surface area (Å²) in [6.07, 6.45) is 0.170. The van der Waals surface area contributed by atoms with E-state index in [1.165, 1.54) is 0 Å². The molecule has 0 bridgehead atoms. The van der Waals surface area contributed by atoms with Gasteiger partial charge in [0.25, 0.3) is 0 Å². The molecule has 1 saturated carbocycles. The van der Waals surface area contributed by atoms with Crippen LogP contribution < -0.4 is 0 Å². The third-order valence-electron chi connectivity index (χ3n) is 3.40. The van der Waals surface area contributed by atoms with Crippen LogP contribution in [0.3, 0.4) is 0 Å². The predicted molar refractivity (Wildman–Crippen MR) is 51.9 cm³/mol. The molecule has 0 spiro atoms. The zero-order valence-corrected chi connectivity index (χ0v) is 8.54. The van der Waals surface area contributed by atoms with Gasteiger partial charge in [-0.3, -0.25) is 4.79 Å². The van der Waals surface area contributed by atoms with Crippen LogP contribution in [-0.2, 0) is 4.79 Å². The number of hydrogen-bond donors (Lipinski definition) is 4. The van der Waals surface area contributed by atoms with Gasteiger partial charge in [0.15, 0.2) is 0 Å². The molecule has 1 rings (SSSR count). The lowest BCUT2D eigenvalue weighted by atomic mass is 9.67. The highest BCUT2D eigenvalue weighted by atomic mass is 16.3. The maximum Gasteiger partial charge on any atom is 0.139 e. The maximum atomic E-state index is 11.6. The Kier molecular flexibility index (Phi) is 4.66. The van der Waals surface area contributed by atoms with E-state index < -0.39 is 11.8 Å². The summed E-state index contributed by atoms with van der Waals surface area (Å²) in [5, 5.41) is 36.5. The second kappa shape index (κ2) is 5.55. The lowest BCUT2D eigenvalue weighted by Gasteiger charge is -2.39. The first-order valence-corrected chi connectivity index (χ1v) is 5.15. The summed E-state index contributed by atoms with van der Waals surface area (Å²) in [6, 6.07) is 0. The second-order valence-electron chi connectivity index (χ2n) is 4.10. The fourth-order valence-corrected chi connectivity index (χ4v) is 2.43. The second-order valence-corrected chi connectivity index (χ2v) is 4.10. The molecule has 0 aromatic heterocycles. The van der Waals surface area contributed by atoms with Gasteiger partial charge in [0.05, 0.1) is 6.61 Å². The summed E-state index contributed by atoms with van der Waals surface area (Å²) >= 11 is 0. The molecule has 0 heterocycles. The van der Waals surface area contributed by atoms with Crippen LogP contribution in [0.15, 0.2) is 0 Å². The Hall–Kier alpha value is -0.490. The molecule has 0 amide bonds. The van der Waals surface area contributed by atoms with Crippen molar-refractivity contribution in [1.82, 2.24) is 0 Å². The van der Waals surface area contributed by atoms with E-state index in [-0.39, 0.29) is 50.5 Å². The molecule has 0 saturated heterocycles. The van der Waals surface area contributed by atoms with E-state index in [4.69, 9.17) is 15.3 Å². The lowest BCUT2D eigenvalue weighted by molar-refractivity contribution is -0.137. The Bertz CT molecular complexity index is 218. The van der Waals surface area contributed by atoms with E-state index in [9.17, 15) is 9.90 Å². The Morgan fingerprint density at radius 2 is 1.53 bits per heavy atom. The highest BCUT2D eigenvalue weighted by Crippen LogP contribution is 2.36. The quantitative estimate of drug-likeness (QED) is 0.455. The van der Waals surface area contributed by atoms with E-state index >= 15 is 0 Å². The molecule has 4 atom stereocenters. The van der Waals surface area contributed by atoms with Crippen LogP contribution in [0, 0.1) is 23.7 Å². The Balaban J connectivity index is 2.85. The zero-order valence-electron chi connectivity index (χ0n) is 8.54. The molecule has 88 valence electrons. The third-order valence-corrected chi connectivity index (χ3v) is 3.40. The maximum absolute atomic E-state index is 11.6. The molecule has 1 aliphatic rings. The van der Waals surface area contributed by atoms with Crippen molar-refractivity contribution in [3.05, 3.63) is 0 Å². The largest absolute Gasteiger partial charge is 0.396 e. The highest BCUT2D eigenvalue weighted by molar-refractivity contribution is 5.82. The summed E-state index contributed by atoms with van der Waals surface area (Å²) in [5.41, 5.74) is 0. The zero-order chi connectivity index (χ0) is 11.4. The van der Waals surface area contributed by atoms with E-state index in [0.717, 1.165) is 0 Å². The van der Waals surface area contributed by atoms with Gasteiger partial charge in [-0.1, -0.05) is 0 Å². The minimum Gasteiger partial charge on any atom is -0.396 e. The minimum atomic E-state index is -0.602. The monoisotopic (exact) mass is 218 g/mol. The fraction of sp³-hybridized carbons (Fsp3) is 0.900. The standard InChI is InChI=1S/C10H18O5/c11-2-6-1-10(15)9(5-14)8(4-13)7(6)3-12/h6-9,11-14H,1-5H2. The average Bonchev–Trinajstić information content (AvgIpc) is 2.27. The van der Waals surface area contributed by atoms with Crippen molar-refractivity contribution in [3.63, 3.8) is 0 Å². The molecule has 1 aliphatic carbocycles. The van der Waals surface area contributed by atoms with Crippen LogP contribution in [0.2, 0.25) is 0 Å². The van der Waals surface area contributed by atoms with Crippen molar-refractivity contribution in [2.24, 2.45) is 23.7 Å². The lowest BCUT2D eigenvalue weighted by Crippen LogP contribution is -2.46. The van der Waals surface area contributed by atoms with Crippen LogP contribution in [0.5, 0.6) is 0 Å². The molecule has 5 nitrogen and oxygen atoms in total. The van der Waals surface area contributed by atoms with Gasteiger partial charge in [-0.15, -0.1) is 0 Å². The van der Waals surface area contributed by atoms with Gasteiger partial charge < -0.3 is 20.4 Å². The van der Waals surface area contributed by atoms with E-state index in [1.54, 1.807) is 0 Å². The summed E-state index contributed by atoms with van der Waals surface area (Å²) in [4.78, 5) is 11.6. The third kappa shape index (κ3) is 2.36. The molecule has 0 aromatic rings. The molecular formula is C10H18O5. The molecule has 0 aromatic carbocycles. The number of aliphatic hydroxyl groups excluding tert-OH is 4. The van der Waals surface area contributed by atoms with Crippen molar-refractivity contribution >= 4 is 5.78 Å². The van der Waals surface area contributed by atoms with Gasteiger partial charge in [-0.25, -0.2) is 0 Å². The van der Waals surface area contributed by atoms with Crippen molar-refractivity contribution in [3.8, 4) is 0 Å². The van der Waals surface area contributed by atoms with Gasteiger partial charge in [-0.05, 0) is 17.8 Å². The Labute approximate surface area is 88.4 Å². The molecule has 0 radical (unpaired) electrons. The van der Waals surface area contributed by atoms with Crippen LogP contribution >= 0.6 is 0 Å². The number of carbonyl (C=O) groups excluding carboxylic acids is 1. The fourth-order valence-electron chi connectivity index (χ4n) is 2.43. The van der Waals surface area contributed by atoms with Gasteiger partial charge in [0.2, 0.25) is 0 Å². The highest BCUT2D eigenvalue weighted by Gasteiger charge is 2.42. The number of hydrogen-bond acceptors (Lipinski definition) is 5. The Morgan fingerprint density at radius 3 is 1.93 bits per heavy atom. The summed E-state index contributed by atoms with van der Waals surface area (Å²) in [5.74, 6) is -1.80. The molecule has 4 N–H and O–H groups in total. The number of Topliss-reactive ketones (excluding diaryl/α,β-unsaturated/α-hetero) is 1. The van der Waals surface area contributed by atoms with E-state index in [2.05, 4.69) is 0 Å². The normalized spacial score (nSPS) is 36.9. The van der Waals surface area contributed by atoms with Gasteiger partial charge in [0.1, 0.15) is 5.78 Å². The summed E-state index contributed by atoms with van der Waals surface area (Å²) in [6.45, 7) is -0.913.